The molecule has 1 unspecified atom stereocenters. The molecule has 1 saturated heterocycles. The van der Waals surface area contributed by atoms with Gasteiger partial charge in [-0.3, -0.25) is 9.59 Å². The Bertz CT molecular complexity index is 1370. The predicted molar refractivity (Wildman–Crippen MR) is 143 cm³/mol. The number of nitrogens with one attached hydrogen (secondary N) is 1. The minimum atomic E-state index is -0.189. The molecule has 10 heteroatoms. The van der Waals surface area contributed by atoms with Crippen molar-refractivity contribution in [1.82, 2.24) is 20.1 Å². The maximum Gasteiger partial charge on any atom is 0.269 e. The number of fused-ring (bicyclic) bond motifs is 1. The molecule has 3 aromatic rings. The number of aromatic nitrogens is 3. The summed E-state index contributed by atoms with van der Waals surface area (Å²) < 4.78 is 6.07. The Kier molecular flexibility index (Phi) is 7.65. The lowest BCUT2D eigenvalue weighted by Gasteiger charge is -2.35. The summed E-state index contributed by atoms with van der Waals surface area (Å²) >= 11 is 0. The fourth-order valence-electron chi connectivity index (χ4n) is 5.14. The molecule has 2 aliphatic heterocycles. The number of pyridine rings is 1. The molecule has 1 aromatic carbocycles. The number of carbonyl (C=O) groups is 1. The molecule has 38 heavy (non-hydrogen) atoms. The van der Waals surface area contributed by atoms with Gasteiger partial charge < -0.3 is 19.4 Å². The van der Waals surface area contributed by atoms with Crippen LogP contribution in [0.2, 0.25) is 0 Å². The molecule has 2 aromatic heterocycles. The summed E-state index contributed by atoms with van der Waals surface area (Å²) in [4.78, 5) is 35.5. The second kappa shape index (κ2) is 11.4. The number of nitriles is 1. The van der Waals surface area contributed by atoms with E-state index in [0.29, 0.717) is 69.9 Å². The lowest BCUT2D eigenvalue weighted by molar-refractivity contribution is -0.131. The van der Waals surface area contributed by atoms with Crippen molar-refractivity contribution in [3.8, 4) is 6.07 Å². The molecule has 0 bridgehead atoms. The van der Waals surface area contributed by atoms with Crippen LogP contribution in [0.1, 0.15) is 41.1 Å². The van der Waals surface area contributed by atoms with Gasteiger partial charge >= 0.3 is 0 Å². The number of aromatic amines is 1. The number of hydrogen-bond donors (Lipinski definition) is 1. The number of carbonyl (C=O) groups excluding carboxylic acids is 1. The SMILES string of the molecule is Cc1c(N2Cc3ccccc3C2COCCCC(=O)N2CCN(c3ccc(C#N)cn3)CC2)cn[nH]c1=O. The highest BCUT2D eigenvalue weighted by molar-refractivity contribution is 5.76. The van der Waals surface area contributed by atoms with Crippen molar-refractivity contribution in [3.05, 3.63) is 81.4 Å². The fourth-order valence-corrected chi connectivity index (χ4v) is 5.14. The third-order valence-corrected chi connectivity index (χ3v) is 7.31. The molecule has 4 heterocycles. The second-order valence-electron chi connectivity index (χ2n) is 9.62. The van der Waals surface area contributed by atoms with Crippen molar-refractivity contribution in [2.75, 3.05) is 49.2 Å². The number of ether oxygens (including phenoxy) is 1. The number of amides is 1. The van der Waals surface area contributed by atoms with Crippen LogP contribution in [0.15, 0.2) is 53.6 Å². The van der Waals surface area contributed by atoms with Gasteiger partial charge in [-0.15, -0.1) is 0 Å². The largest absolute Gasteiger partial charge is 0.379 e. The molecule has 0 radical (unpaired) electrons. The van der Waals surface area contributed by atoms with Crippen molar-refractivity contribution in [2.45, 2.75) is 32.4 Å². The highest BCUT2D eigenvalue weighted by Gasteiger charge is 2.31. The van der Waals surface area contributed by atoms with Crippen LogP contribution < -0.4 is 15.4 Å². The Morgan fingerprint density at radius 2 is 1.97 bits per heavy atom. The van der Waals surface area contributed by atoms with Crippen molar-refractivity contribution in [1.29, 1.82) is 5.26 Å². The maximum atomic E-state index is 12.8. The van der Waals surface area contributed by atoms with Gasteiger partial charge in [0.1, 0.15) is 11.9 Å². The van der Waals surface area contributed by atoms with Crippen molar-refractivity contribution in [3.63, 3.8) is 0 Å². The summed E-state index contributed by atoms with van der Waals surface area (Å²) in [5.74, 6) is 0.970. The van der Waals surface area contributed by atoms with E-state index in [0.717, 1.165) is 11.5 Å². The maximum absolute atomic E-state index is 12.8. The third kappa shape index (κ3) is 5.38. The van der Waals surface area contributed by atoms with Crippen molar-refractivity contribution in [2.24, 2.45) is 0 Å². The molecule has 1 fully saturated rings. The molecule has 0 spiro atoms. The van der Waals surface area contributed by atoms with Gasteiger partial charge in [-0.05, 0) is 36.6 Å². The van der Waals surface area contributed by atoms with E-state index in [4.69, 9.17) is 10.00 Å². The van der Waals surface area contributed by atoms with E-state index in [-0.39, 0.29) is 17.5 Å². The Morgan fingerprint density at radius 3 is 2.74 bits per heavy atom. The lowest BCUT2D eigenvalue weighted by atomic mass is 10.1. The normalized spacial score (nSPS) is 16.8. The Balaban J connectivity index is 1.10. The zero-order chi connectivity index (χ0) is 26.5. The molecule has 5 rings (SSSR count). The summed E-state index contributed by atoms with van der Waals surface area (Å²) in [7, 11) is 0. The quantitative estimate of drug-likeness (QED) is 0.457. The topological polar surface area (TPSA) is 118 Å². The molecule has 0 aliphatic carbocycles. The van der Waals surface area contributed by atoms with E-state index in [1.165, 1.54) is 11.1 Å². The number of H-pyrrole nitrogens is 1. The van der Waals surface area contributed by atoms with Crippen LogP contribution in [0, 0.1) is 18.3 Å². The number of rotatable bonds is 8. The number of hydrogen-bond acceptors (Lipinski definition) is 8. The minimum absolute atomic E-state index is 0.0203. The first-order chi connectivity index (χ1) is 18.5. The van der Waals surface area contributed by atoms with Crippen LogP contribution in [-0.2, 0) is 16.1 Å². The molecular formula is C28H31N7O3. The summed E-state index contributed by atoms with van der Waals surface area (Å²) in [6, 6.07) is 13.9. The zero-order valence-corrected chi connectivity index (χ0v) is 21.5. The average Bonchev–Trinajstić information content (AvgIpc) is 3.32. The van der Waals surface area contributed by atoms with Crippen LogP contribution in [-0.4, -0.2) is 65.4 Å². The van der Waals surface area contributed by atoms with E-state index >= 15 is 0 Å². The molecule has 10 nitrogen and oxygen atoms in total. The Labute approximate surface area is 221 Å². The van der Waals surface area contributed by atoms with Gasteiger partial charge in [0.2, 0.25) is 5.91 Å². The lowest BCUT2D eigenvalue weighted by Crippen LogP contribution is -2.49. The first-order valence-corrected chi connectivity index (χ1v) is 12.9. The summed E-state index contributed by atoms with van der Waals surface area (Å²) in [5.41, 5.74) is 4.20. The first kappa shape index (κ1) is 25.4. The van der Waals surface area contributed by atoms with Crippen molar-refractivity contribution < 1.29 is 9.53 Å². The standard InChI is InChI=1S/C28H31N7O3/c1-20-24(17-31-32-28(20)37)35-18-22-5-2-3-6-23(22)25(35)19-38-14-4-7-27(36)34-12-10-33(11-13-34)26-9-8-21(15-29)16-30-26/h2-3,5-6,8-9,16-17,25H,4,7,10-14,18-19H2,1H3,(H,32,37). The average molecular weight is 514 g/mol. The molecule has 1 amide bonds. The molecule has 1 N–H and O–H groups in total. The van der Waals surface area contributed by atoms with Gasteiger partial charge in [-0.1, -0.05) is 24.3 Å². The van der Waals surface area contributed by atoms with Gasteiger partial charge in [-0.2, -0.15) is 10.4 Å². The van der Waals surface area contributed by atoms with Gasteiger partial charge in [0.25, 0.3) is 5.56 Å². The van der Waals surface area contributed by atoms with Crippen LogP contribution >= 0.6 is 0 Å². The van der Waals surface area contributed by atoms with Gasteiger partial charge in [0.05, 0.1) is 30.1 Å². The highest BCUT2D eigenvalue weighted by atomic mass is 16.5. The second-order valence-corrected chi connectivity index (χ2v) is 9.62. The summed E-state index contributed by atoms with van der Waals surface area (Å²) in [5, 5.41) is 15.4. The monoisotopic (exact) mass is 513 g/mol. The number of piperazine rings is 1. The number of benzene rings is 1. The molecule has 196 valence electrons. The van der Waals surface area contributed by atoms with Crippen LogP contribution in [0.5, 0.6) is 0 Å². The van der Waals surface area contributed by atoms with E-state index in [1.54, 1.807) is 18.5 Å². The third-order valence-electron chi connectivity index (χ3n) is 7.31. The summed E-state index contributed by atoms with van der Waals surface area (Å²) in [6.07, 6.45) is 4.37. The molecule has 0 saturated carbocycles. The minimum Gasteiger partial charge on any atom is -0.379 e. The van der Waals surface area contributed by atoms with E-state index in [2.05, 4.69) is 43.2 Å². The highest BCUT2D eigenvalue weighted by Crippen LogP contribution is 2.38. The van der Waals surface area contributed by atoms with Gasteiger partial charge in [0, 0.05) is 57.5 Å². The van der Waals surface area contributed by atoms with Gasteiger partial charge in [-0.25, -0.2) is 10.1 Å². The molecule has 2 aliphatic rings. The fraction of sp³-hybridized carbons (Fsp3) is 0.393. The van der Waals surface area contributed by atoms with E-state index in [1.807, 2.05) is 30.0 Å². The Morgan fingerprint density at radius 1 is 1.16 bits per heavy atom. The first-order valence-electron chi connectivity index (χ1n) is 12.9. The van der Waals surface area contributed by atoms with Crippen LogP contribution in [0.25, 0.3) is 0 Å². The molecule has 1 atom stereocenters. The smallest absolute Gasteiger partial charge is 0.269 e. The van der Waals surface area contributed by atoms with E-state index in [9.17, 15) is 9.59 Å². The number of anilines is 2. The predicted octanol–water partition coefficient (Wildman–Crippen LogP) is 2.55. The van der Waals surface area contributed by atoms with Crippen LogP contribution in [0.4, 0.5) is 11.5 Å². The van der Waals surface area contributed by atoms with Crippen molar-refractivity contribution >= 4 is 17.4 Å². The van der Waals surface area contributed by atoms with Crippen LogP contribution in [0.3, 0.4) is 0 Å². The Hall–Kier alpha value is -4.23. The van der Waals surface area contributed by atoms with E-state index < -0.39 is 0 Å². The summed E-state index contributed by atoms with van der Waals surface area (Å²) in [6.45, 7) is 6.19. The molecular weight excluding hydrogens is 482 g/mol. The zero-order valence-electron chi connectivity index (χ0n) is 21.5. The number of nitrogens with zero attached hydrogens (tertiary/aromatic N) is 6. The van der Waals surface area contributed by atoms with Gasteiger partial charge in [0.15, 0.2) is 0 Å².